The highest BCUT2D eigenvalue weighted by Gasteiger charge is 2.30. The summed E-state index contributed by atoms with van der Waals surface area (Å²) in [6, 6.07) is 4.60. The van der Waals surface area contributed by atoms with Crippen LogP contribution in [-0.4, -0.2) is 28.3 Å². The molecule has 6 nitrogen and oxygen atoms in total. The molecule has 0 saturated heterocycles. The van der Waals surface area contributed by atoms with Crippen molar-refractivity contribution in [3.05, 3.63) is 28.3 Å². The quantitative estimate of drug-likeness (QED) is 0.622. The Morgan fingerprint density at radius 2 is 2.05 bits per heavy atom. The predicted octanol–water partition coefficient (Wildman–Crippen LogP) is 3.10. The summed E-state index contributed by atoms with van der Waals surface area (Å²) in [5, 5.41) is 24.4. The molecule has 0 aromatic heterocycles. The maximum atomic E-state index is 11.0. The minimum atomic E-state index is -0.705. The van der Waals surface area contributed by atoms with E-state index in [-0.39, 0.29) is 11.8 Å². The summed E-state index contributed by atoms with van der Waals surface area (Å²) in [4.78, 5) is 10.5. The fourth-order valence-corrected chi connectivity index (χ4v) is 2.61. The lowest BCUT2D eigenvalue weighted by Gasteiger charge is -2.23. The Balaban J connectivity index is 2.13. The number of nitro benzene ring substituents is 1. The van der Waals surface area contributed by atoms with Gasteiger partial charge in [-0.25, -0.2) is 0 Å². The number of benzene rings is 1. The van der Waals surface area contributed by atoms with E-state index >= 15 is 0 Å². The van der Waals surface area contributed by atoms with Crippen molar-refractivity contribution in [2.24, 2.45) is 0 Å². The SMILES string of the molecule is CC(C)Oc1cc(NCC2(O)CCCC2)cc([N+](=O)[O-])c1. The number of hydrogen-bond acceptors (Lipinski definition) is 5. The molecule has 1 fully saturated rings. The van der Waals surface area contributed by atoms with Crippen LogP contribution in [-0.2, 0) is 0 Å². The van der Waals surface area contributed by atoms with Gasteiger partial charge in [-0.3, -0.25) is 10.1 Å². The number of anilines is 1. The van der Waals surface area contributed by atoms with E-state index < -0.39 is 10.5 Å². The maximum absolute atomic E-state index is 11.0. The van der Waals surface area contributed by atoms with E-state index in [1.807, 2.05) is 13.8 Å². The van der Waals surface area contributed by atoms with Crippen LogP contribution in [0.3, 0.4) is 0 Å². The number of non-ortho nitro benzene ring substituents is 1. The van der Waals surface area contributed by atoms with E-state index in [9.17, 15) is 15.2 Å². The molecule has 2 rings (SSSR count). The highest BCUT2D eigenvalue weighted by Crippen LogP contribution is 2.31. The first-order valence-corrected chi connectivity index (χ1v) is 7.30. The number of ether oxygens (including phenoxy) is 1. The zero-order valence-corrected chi connectivity index (χ0v) is 12.5. The van der Waals surface area contributed by atoms with Crippen LogP contribution in [0.5, 0.6) is 5.75 Å². The van der Waals surface area contributed by atoms with Gasteiger partial charge < -0.3 is 15.2 Å². The van der Waals surface area contributed by atoms with E-state index in [4.69, 9.17) is 4.74 Å². The van der Waals surface area contributed by atoms with Crippen LogP contribution in [0.25, 0.3) is 0 Å². The third kappa shape index (κ3) is 4.32. The Morgan fingerprint density at radius 3 is 2.62 bits per heavy atom. The zero-order valence-electron chi connectivity index (χ0n) is 12.5. The van der Waals surface area contributed by atoms with Crippen LogP contribution < -0.4 is 10.1 Å². The molecule has 0 spiro atoms. The Morgan fingerprint density at radius 1 is 1.38 bits per heavy atom. The largest absolute Gasteiger partial charge is 0.491 e. The van der Waals surface area contributed by atoms with Gasteiger partial charge in [-0.15, -0.1) is 0 Å². The minimum absolute atomic E-state index is 0.0194. The van der Waals surface area contributed by atoms with Crippen LogP contribution in [0.2, 0.25) is 0 Å². The van der Waals surface area contributed by atoms with Crippen LogP contribution in [0.15, 0.2) is 18.2 Å². The Bertz CT molecular complexity index is 510. The van der Waals surface area contributed by atoms with Crippen LogP contribution in [0, 0.1) is 10.1 Å². The van der Waals surface area contributed by atoms with Gasteiger partial charge in [0.05, 0.1) is 22.7 Å². The molecule has 2 N–H and O–H groups in total. The van der Waals surface area contributed by atoms with E-state index in [0.29, 0.717) is 18.0 Å². The lowest BCUT2D eigenvalue weighted by atomic mass is 10.0. The third-order valence-electron chi connectivity index (χ3n) is 3.63. The molecule has 1 aromatic carbocycles. The van der Waals surface area contributed by atoms with Crippen molar-refractivity contribution >= 4 is 11.4 Å². The molecule has 0 amide bonds. The molecule has 21 heavy (non-hydrogen) atoms. The lowest BCUT2D eigenvalue weighted by molar-refractivity contribution is -0.384. The number of nitro groups is 1. The van der Waals surface area contributed by atoms with Gasteiger partial charge in [-0.2, -0.15) is 0 Å². The highest BCUT2D eigenvalue weighted by molar-refractivity contribution is 5.56. The van der Waals surface area contributed by atoms with Gasteiger partial charge >= 0.3 is 0 Å². The monoisotopic (exact) mass is 294 g/mol. The number of hydrogen-bond donors (Lipinski definition) is 2. The molecule has 1 aromatic rings. The van der Waals surface area contributed by atoms with E-state index in [2.05, 4.69) is 5.32 Å². The first-order valence-electron chi connectivity index (χ1n) is 7.30. The van der Waals surface area contributed by atoms with Crippen molar-refractivity contribution in [2.75, 3.05) is 11.9 Å². The average molecular weight is 294 g/mol. The summed E-state index contributed by atoms with van der Waals surface area (Å²) in [5.41, 5.74) is -0.127. The summed E-state index contributed by atoms with van der Waals surface area (Å²) >= 11 is 0. The summed E-state index contributed by atoms with van der Waals surface area (Å²) < 4.78 is 5.54. The predicted molar refractivity (Wildman–Crippen MR) is 80.8 cm³/mol. The van der Waals surface area contributed by atoms with E-state index in [1.54, 1.807) is 6.07 Å². The number of aliphatic hydroxyl groups is 1. The molecule has 116 valence electrons. The van der Waals surface area contributed by atoms with E-state index in [1.165, 1.54) is 12.1 Å². The molecule has 0 bridgehead atoms. The Hall–Kier alpha value is -1.82. The van der Waals surface area contributed by atoms with E-state index in [0.717, 1.165) is 25.7 Å². The molecule has 1 aliphatic carbocycles. The molecular formula is C15H22N2O4. The van der Waals surface area contributed by atoms with Gasteiger partial charge in [0.25, 0.3) is 5.69 Å². The number of rotatable bonds is 6. The molecular weight excluding hydrogens is 272 g/mol. The van der Waals surface area contributed by atoms with Gasteiger partial charge in [-0.05, 0) is 26.7 Å². The highest BCUT2D eigenvalue weighted by atomic mass is 16.6. The lowest BCUT2D eigenvalue weighted by Crippen LogP contribution is -2.33. The molecule has 0 heterocycles. The topological polar surface area (TPSA) is 84.6 Å². The molecule has 0 unspecified atom stereocenters. The first kappa shape index (κ1) is 15.6. The van der Waals surface area contributed by atoms with Crippen molar-refractivity contribution in [1.29, 1.82) is 0 Å². The second kappa shape index (κ2) is 6.30. The standard InChI is InChI=1S/C15H22N2O4/c1-11(2)21-14-8-12(7-13(9-14)17(19)20)16-10-15(18)5-3-4-6-15/h7-9,11,16,18H,3-6,10H2,1-2H3. The Kier molecular flexibility index (Phi) is 4.67. The molecule has 0 radical (unpaired) electrons. The second-order valence-corrected chi connectivity index (χ2v) is 5.92. The Labute approximate surface area is 124 Å². The summed E-state index contributed by atoms with van der Waals surface area (Å²) in [5.74, 6) is 0.458. The van der Waals surface area contributed by atoms with Crippen LogP contribution in [0.4, 0.5) is 11.4 Å². The van der Waals surface area contributed by atoms with Crippen molar-refractivity contribution in [3.8, 4) is 5.75 Å². The molecule has 1 saturated carbocycles. The van der Waals surface area contributed by atoms with Gasteiger partial charge in [0.1, 0.15) is 5.75 Å². The number of nitrogens with one attached hydrogen (secondary N) is 1. The molecule has 6 heteroatoms. The van der Waals surface area contributed by atoms with Gasteiger partial charge in [0.2, 0.25) is 0 Å². The minimum Gasteiger partial charge on any atom is -0.491 e. The van der Waals surface area contributed by atoms with Crippen molar-refractivity contribution in [1.82, 2.24) is 0 Å². The number of nitrogens with zero attached hydrogens (tertiary/aromatic N) is 1. The average Bonchev–Trinajstić information content (AvgIpc) is 2.83. The second-order valence-electron chi connectivity index (χ2n) is 5.92. The maximum Gasteiger partial charge on any atom is 0.275 e. The van der Waals surface area contributed by atoms with Crippen LogP contribution in [0.1, 0.15) is 39.5 Å². The van der Waals surface area contributed by atoms with Gasteiger partial charge in [0.15, 0.2) is 0 Å². The van der Waals surface area contributed by atoms with Crippen molar-refractivity contribution < 1.29 is 14.8 Å². The third-order valence-corrected chi connectivity index (χ3v) is 3.63. The van der Waals surface area contributed by atoms with Gasteiger partial charge in [-0.1, -0.05) is 12.8 Å². The summed E-state index contributed by atoms with van der Waals surface area (Å²) in [6.45, 7) is 4.13. The van der Waals surface area contributed by atoms with Gasteiger partial charge in [0, 0.05) is 24.4 Å². The van der Waals surface area contributed by atoms with Crippen molar-refractivity contribution in [2.45, 2.75) is 51.2 Å². The zero-order chi connectivity index (χ0) is 15.5. The fourth-order valence-electron chi connectivity index (χ4n) is 2.61. The normalized spacial score (nSPS) is 17.0. The molecule has 0 atom stereocenters. The molecule has 1 aliphatic rings. The molecule has 0 aliphatic heterocycles. The smallest absolute Gasteiger partial charge is 0.275 e. The van der Waals surface area contributed by atoms with Crippen LogP contribution >= 0.6 is 0 Å². The fraction of sp³-hybridized carbons (Fsp3) is 0.600. The first-order chi connectivity index (χ1) is 9.88. The van der Waals surface area contributed by atoms with Crippen molar-refractivity contribution in [3.63, 3.8) is 0 Å². The summed E-state index contributed by atoms with van der Waals surface area (Å²) in [7, 11) is 0. The summed E-state index contributed by atoms with van der Waals surface area (Å²) in [6.07, 6.45) is 3.52.